The van der Waals surface area contributed by atoms with Crippen molar-refractivity contribution < 1.29 is 19.5 Å². The summed E-state index contributed by atoms with van der Waals surface area (Å²) in [5.41, 5.74) is -0.115. The second-order valence-corrected chi connectivity index (χ2v) is 3.01. The molecule has 0 aromatic carbocycles. The van der Waals surface area contributed by atoms with Gasteiger partial charge in [0.25, 0.3) is 5.91 Å². The van der Waals surface area contributed by atoms with Crippen molar-refractivity contribution in [3.63, 3.8) is 0 Å². The van der Waals surface area contributed by atoms with Crippen LogP contribution >= 0.6 is 0 Å². The highest BCUT2D eigenvalue weighted by molar-refractivity contribution is 6.07. The van der Waals surface area contributed by atoms with Crippen molar-refractivity contribution in [3.8, 4) is 0 Å². The average molecular weight is 226 g/mol. The van der Waals surface area contributed by atoms with Gasteiger partial charge in [-0.2, -0.15) is 0 Å². The van der Waals surface area contributed by atoms with Crippen LogP contribution < -0.4 is 10.6 Å². The Bertz CT molecular complexity index is 358. The predicted octanol–water partition coefficient (Wildman–Crippen LogP) is 0.419. The molecule has 0 atom stereocenters. The van der Waals surface area contributed by atoms with Crippen molar-refractivity contribution in [2.24, 2.45) is 0 Å². The SMILES string of the molecule is C=CCNC(=O)NC(=O)C(C)=C(C)C(=O)O. The molecular formula is C10H14N2O4. The van der Waals surface area contributed by atoms with Crippen LogP contribution in [-0.4, -0.2) is 29.6 Å². The van der Waals surface area contributed by atoms with E-state index in [0.29, 0.717) is 0 Å². The van der Waals surface area contributed by atoms with Gasteiger partial charge in [-0.05, 0) is 13.8 Å². The maximum absolute atomic E-state index is 11.3. The highest BCUT2D eigenvalue weighted by Gasteiger charge is 2.14. The molecule has 0 aromatic heterocycles. The molecule has 0 saturated heterocycles. The molecule has 6 heteroatoms. The molecule has 0 heterocycles. The standard InChI is InChI=1S/C10H14N2O4/c1-4-5-11-10(16)12-8(13)6(2)7(3)9(14)15/h4H,1,5H2,2-3H3,(H,14,15)(H2,11,12,13,16). The Hall–Kier alpha value is -2.11. The monoisotopic (exact) mass is 226 g/mol. The summed E-state index contributed by atoms with van der Waals surface area (Å²) in [6.07, 6.45) is 1.45. The molecule has 0 radical (unpaired) electrons. The highest BCUT2D eigenvalue weighted by Crippen LogP contribution is 2.02. The molecule has 3 N–H and O–H groups in total. The van der Waals surface area contributed by atoms with Gasteiger partial charge < -0.3 is 10.4 Å². The van der Waals surface area contributed by atoms with E-state index in [1.54, 1.807) is 0 Å². The van der Waals surface area contributed by atoms with E-state index in [2.05, 4.69) is 11.9 Å². The number of rotatable bonds is 4. The molecule has 0 saturated carbocycles. The minimum Gasteiger partial charge on any atom is -0.478 e. The number of carboxylic acid groups (broad SMARTS) is 1. The molecule has 0 aliphatic heterocycles. The van der Waals surface area contributed by atoms with Gasteiger partial charge in [0.05, 0.1) is 0 Å². The largest absolute Gasteiger partial charge is 0.478 e. The van der Waals surface area contributed by atoms with Gasteiger partial charge in [0, 0.05) is 17.7 Å². The predicted molar refractivity (Wildman–Crippen MR) is 57.7 cm³/mol. The van der Waals surface area contributed by atoms with Crippen molar-refractivity contribution in [3.05, 3.63) is 23.8 Å². The quantitative estimate of drug-likeness (QED) is 0.478. The fraction of sp³-hybridized carbons (Fsp3) is 0.300. The van der Waals surface area contributed by atoms with E-state index < -0.39 is 17.9 Å². The molecule has 0 rings (SSSR count). The molecule has 0 aliphatic rings. The molecule has 0 unspecified atom stereocenters. The number of amides is 3. The lowest BCUT2D eigenvalue weighted by atomic mass is 10.1. The summed E-state index contributed by atoms with van der Waals surface area (Å²) in [6.45, 7) is 6.23. The number of hydrogen-bond acceptors (Lipinski definition) is 3. The Labute approximate surface area is 93.0 Å². The smallest absolute Gasteiger partial charge is 0.331 e. The van der Waals surface area contributed by atoms with Crippen LogP contribution in [-0.2, 0) is 9.59 Å². The molecule has 0 aromatic rings. The molecule has 88 valence electrons. The van der Waals surface area contributed by atoms with Crippen LogP contribution in [0.5, 0.6) is 0 Å². The number of hydrogen-bond donors (Lipinski definition) is 3. The lowest BCUT2D eigenvalue weighted by Gasteiger charge is -2.06. The lowest BCUT2D eigenvalue weighted by molar-refractivity contribution is -0.133. The van der Waals surface area contributed by atoms with Crippen LogP contribution in [0.3, 0.4) is 0 Å². The summed E-state index contributed by atoms with van der Waals surface area (Å²) < 4.78 is 0. The summed E-state index contributed by atoms with van der Waals surface area (Å²) in [4.78, 5) is 32.9. The Morgan fingerprint density at radius 3 is 2.25 bits per heavy atom. The van der Waals surface area contributed by atoms with Gasteiger partial charge in [-0.25, -0.2) is 9.59 Å². The van der Waals surface area contributed by atoms with E-state index in [-0.39, 0.29) is 17.7 Å². The van der Waals surface area contributed by atoms with E-state index >= 15 is 0 Å². The van der Waals surface area contributed by atoms with E-state index in [4.69, 9.17) is 5.11 Å². The molecule has 0 spiro atoms. The molecule has 0 fully saturated rings. The second kappa shape index (κ2) is 6.39. The number of aliphatic carboxylic acids is 1. The molecule has 6 nitrogen and oxygen atoms in total. The lowest BCUT2D eigenvalue weighted by Crippen LogP contribution is -2.40. The van der Waals surface area contributed by atoms with Gasteiger partial charge >= 0.3 is 12.0 Å². The first-order valence-electron chi connectivity index (χ1n) is 4.51. The van der Waals surface area contributed by atoms with Crippen LogP contribution in [0.25, 0.3) is 0 Å². The van der Waals surface area contributed by atoms with Crippen molar-refractivity contribution in [1.29, 1.82) is 0 Å². The zero-order chi connectivity index (χ0) is 12.7. The molecule has 16 heavy (non-hydrogen) atoms. The normalized spacial score (nSPS) is 11.1. The topological polar surface area (TPSA) is 95.5 Å². The van der Waals surface area contributed by atoms with Gasteiger partial charge in [-0.1, -0.05) is 6.08 Å². The minimum atomic E-state index is -1.20. The van der Waals surface area contributed by atoms with Gasteiger partial charge in [0.1, 0.15) is 0 Å². The third-order valence-electron chi connectivity index (χ3n) is 1.86. The number of carbonyl (C=O) groups is 3. The van der Waals surface area contributed by atoms with Crippen LogP contribution in [0.2, 0.25) is 0 Å². The number of urea groups is 1. The average Bonchev–Trinajstić information content (AvgIpc) is 2.23. The Morgan fingerprint density at radius 1 is 1.25 bits per heavy atom. The maximum atomic E-state index is 11.3. The van der Waals surface area contributed by atoms with E-state index in [1.165, 1.54) is 19.9 Å². The van der Waals surface area contributed by atoms with Gasteiger partial charge in [-0.3, -0.25) is 10.1 Å². The summed E-state index contributed by atoms with van der Waals surface area (Å²) in [7, 11) is 0. The molecule has 3 amide bonds. The van der Waals surface area contributed by atoms with Crippen LogP contribution in [0, 0.1) is 0 Å². The van der Waals surface area contributed by atoms with Crippen molar-refractivity contribution >= 4 is 17.9 Å². The van der Waals surface area contributed by atoms with Crippen molar-refractivity contribution in [2.45, 2.75) is 13.8 Å². The fourth-order valence-electron chi connectivity index (χ4n) is 0.737. The van der Waals surface area contributed by atoms with Crippen LogP contribution in [0.4, 0.5) is 4.79 Å². The fourth-order valence-corrected chi connectivity index (χ4v) is 0.737. The Balaban J connectivity index is 4.48. The third-order valence-corrected chi connectivity index (χ3v) is 1.86. The molecule has 0 aliphatic carbocycles. The second-order valence-electron chi connectivity index (χ2n) is 3.01. The first-order valence-corrected chi connectivity index (χ1v) is 4.51. The number of imide groups is 1. The molecular weight excluding hydrogens is 212 g/mol. The summed E-state index contributed by atoms with van der Waals surface area (Å²) >= 11 is 0. The minimum absolute atomic E-state index is 0.0127. The third kappa shape index (κ3) is 4.41. The van der Waals surface area contributed by atoms with Gasteiger partial charge in [0.15, 0.2) is 0 Å². The first kappa shape index (κ1) is 13.9. The van der Waals surface area contributed by atoms with Gasteiger partial charge in [-0.15, -0.1) is 6.58 Å². The van der Waals surface area contributed by atoms with E-state index in [9.17, 15) is 14.4 Å². The maximum Gasteiger partial charge on any atom is 0.331 e. The zero-order valence-corrected chi connectivity index (χ0v) is 9.16. The Kier molecular flexibility index (Phi) is 5.55. The van der Waals surface area contributed by atoms with E-state index in [1.807, 2.05) is 5.32 Å². The highest BCUT2D eigenvalue weighted by atomic mass is 16.4. The number of carbonyl (C=O) groups excluding carboxylic acids is 2. The number of nitrogens with one attached hydrogen (secondary N) is 2. The van der Waals surface area contributed by atoms with Crippen LogP contribution in [0.1, 0.15) is 13.8 Å². The first-order chi connectivity index (χ1) is 7.40. The summed E-state index contributed by atoms with van der Waals surface area (Å²) in [6, 6.07) is -0.692. The van der Waals surface area contributed by atoms with Gasteiger partial charge in [0.2, 0.25) is 0 Å². The van der Waals surface area contributed by atoms with Crippen LogP contribution in [0.15, 0.2) is 23.8 Å². The number of carboxylic acids is 1. The summed E-state index contributed by atoms with van der Waals surface area (Å²) in [5.74, 6) is -1.93. The van der Waals surface area contributed by atoms with Crippen molar-refractivity contribution in [2.75, 3.05) is 6.54 Å². The summed E-state index contributed by atoms with van der Waals surface area (Å²) in [5, 5.41) is 12.9. The Morgan fingerprint density at radius 2 is 1.81 bits per heavy atom. The van der Waals surface area contributed by atoms with Crippen molar-refractivity contribution in [1.82, 2.24) is 10.6 Å². The zero-order valence-electron chi connectivity index (χ0n) is 9.16. The van der Waals surface area contributed by atoms with E-state index in [0.717, 1.165) is 0 Å². The molecule has 0 bridgehead atoms.